The van der Waals surface area contributed by atoms with Gasteiger partial charge in [-0.25, -0.2) is 9.97 Å². The zero-order chi connectivity index (χ0) is 31.0. The minimum absolute atomic E-state index is 0.0883. The van der Waals surface area contributed by atoms with E-state index in [1.165, 1.54) is 11.8 Å². The van der Waals surface area contributed by atoms with E-state index in [0.29, 0.717) is 48.7 Å². The van der Waals surface area contributed by atoms with Gasteiger partial charge >= 0.3 is 5.97 Å². The number of aromatic nitrogens is 4. The Labute approximate surface area is 258 Å². The molecule has 4 rings (SSSR count). The molecule has 0 atom stereocenters. The lowest BCUT2D eigenvalue weighted by Gasteiger charge is -2.33. The second-order valence-electron chi connectivity index (χ2n) is 12.4. The minimum Gasteiger partial charge on any atom is -0.466 e. The number of aryl methyl sites for hydroxylation is 1. The van der Waals surface area contributed by atoms with Gasteiger partial charge in [0.1, 0.15) is 11.6 Å². The topological polar surface area (TPSA) is 146 Å². The summed E-state index contributed by atoms with van der Waals surface area (Å²) in [6, 6.07) is 11.5. The van der Waals surface area contributed by atoms with Crippen LogP contribution in [0.2, 0.25) is 0 Å². The molecule has 1 aliphatic rings. The van der Waals surface area contributed by atoms with Crippen molar-refractivity contribution < 1.29 is 14.3 Å². The maximum atomic E-state index is 12.3. The number of hydrogen-bond acceptors (Lipinski definition) is 10. The second-order valence-corrected chi connectivity index (χ2v) is 13.5. The van der Waals surface area contributed by atoms with Crippen LogP contribution in [0.3, 0.4) is 0 Å². The molecule has 0 aliphatic heterocycles. The van der Waals surface area contributed by atoms with Crippen molar-refractivity contribution in [1.82, 2.24) is 25.5 Å². The zero-order valence-electron chi connectivity index (χ0n) is 26.0. The van der Waals surface area contributed by atoms with Crippen LogP contribution in [0, 0.1) is 23.7 Å². The number of ether oxygens (including phenoxy) is 1. The number of nitrogens with one attached hydrogen (secondary N) is 5. The fourth-order valence-electron chi connectivity index (χ4n) is 4.90. The fourth-order valence-corrected chi connectivity index (χ4v) is 5.67. The van der Waals surface area contributed by atoms with E-state index in [1.54, 1.807) is 0 Å². The highest BCUT2D eigenvalue weighted by Crippen LogP contribution is 2.34. The number of esters is 1. The Bertz CT molecular complexity index is 1390. The molecule has 3 aromatic rings. The summed E-state index contributed by atoms with van der Waals surface area (Å²) in [7, 11) is 0. The Morgan fingerprint density at radius 1 is 1.02 bits per heavy atom. The van der Waals surface area contributed by atoms with E-state index in [2.05, 4.69) is 45.3 Å². The average Bonchev–Trinajstić information content (AvgIpc) is 3.71. The maximum Gasteiger partial charge on any atom is 0.311 e. The molecular weight excluding hydrogens is 564 g/mol. The van der Waals surface area contributed by atoms with E-state index in [1.807, 2.05) is 64.1 Å². The Morgan fingerprint density at radius 3 is 2.40 bits per heavy atom. The van der Waals surface area contributed by atoms with Crippen LogP contribution < -0.4 is 21.3 Å². The third-order valence-corrected chi connectivity index (χ3v) is 7.78. The third-order valence-electron chi connectivity index (χ3n) is 6.91. The molecule has 0 spiro atoms. The van der Waals surface area contributed by atoms with Gasteiger partial charge in [-0.3, -0.25) is 14.7 Å². The van der Waals surface area contributed by atoms with Crippen LogP contribution in [-0.4, -0.2) is 58.3 Å². The number of carbonyl (C=O) groups excluding carboxylic acids is 2. The number of nitrogens with zero attached hydrogens (tertiary/aromatic N) is 3. The van der Waals surface area contributed by atoms with Gasteiger partial charge in [0, 0.05) is 54.0 Å². The summed E-state index contributed by atoms with van der Waals surface area (Å²) in [5.41, 5.74) is 1.09. The molecule has 2 heterocycles. The van der Waals surface area contributed by atoms with E-state index in [4.69, 9.17) is 14.7 Å². The molecular formula is C31H44N8O3S. The predicted octanol–water partition coefficient (Wildman–Crippen LogP) is 5.76. The monoisotopic (exact) mass is 608 g/mol. The number of amides is 1. The van der Waals surface area contributed by atoms with Gasteiger partial charge in [0.15, 0.2) is 11.0 Å². The molecule has 1 fully saturated rings. The van der Waals surface area contributed by atoms with Crippen molar-refractivity contribution in [2.75, 3.05) is 42.2 Å². The molecule has 1 amide bonds. The summed E-state index contributed by atoms with van der Waals surface area (Å²) in [5, 5.41) is 20.9. The molecule has 11 nitrogen and oxygen atoms in total. The number of anilines is 4. The molecule has 12 heteroatoms. The van der Waals surface area contributed by atoms with Crippen molar-refractivity contribution in [1.29, 1.82) is 0 Å². The molecule has 0 radical (unpaired) electrons. The summed E-state index contributed by atoms with van der Waals surface area (Å²) in [6.07, 6.45) is 2.65. The number of hydrogen-bond donors (Lipinski definition) is 5. The van der Waals surface area contributed by atoms with Crippen LogP contribution in [-0.2, 0) is 14.3 Å². The second kappa shape index (κ2) is 14.2. The van der Waals surface area contributed by atoms with Crippen molar-refractivity contribution >= 4 is 46.8 Å². The summed E-state index contributed by atoms with van der Waals surface area (Å²) in [4.78, 5) is 34.8. The van der Waals surface area contributed by atoms with Crippen LogP contribution in [0.5, 0.6) is 0 Å². The SMILES string of the molecule is CCOC(=O)C(C)(C)CC(C)(C)CNCCNc1cc(Nc2cc(C)[nH]n2)nc(Sc2ccc(NC(=O)C3CC3)cc2)n1. The lowest BCUT2D eigenvalue weighted by atomic mass is 9.75. The average molecular weight is 609 g/mol. The number of aromatic amines is 1. The first-order valence-electron chi connectivity index (χ1n) is 14.8. The van der Waals surface area contributed by atoms with Crippen molar-refractivity contribution in [2.24, 2.45) is 16.7 Å². The minimum atomic E-state index is -0.546. The van der Waals surface area contributed by atoms with E-state index in [0.717, 1.165) is 35.7 Å². The van der Waals surface area contributed by atoms with Gasteiger partial charge in [-0.2, -0.15) is 5.10 Å². The Hall–Kier alpha value is -3.64. The Morgan fingerprint density at radius 2 is 1.74 bits per heavy atom. The highest BCUT2D eigenvalue weighted by atomic mass is 32.2. The first-order chi connectivity index (χ1) is 20.4. The van der Waals surface area contributed by atoms with E-state index in [-0.39, 0.29) is 23.2 Å². The molecule has 1 aromatic carbocycles. The molecule has 0 saturated heterocycles. The third kappa shape index (κ3) is 10.2. The predicted molar refractivity (Wildman–Crippen MR) is 171 cm³/mol. The van der Waals surface area contributed by atoms with E-state index >= 15 is 0 Å². The zero-order valence-corrected chi connectivity index (χ0v) is 26.8. The number of H-pyrrole nitrogens is 1. The summed E-state index contributed by atoms with van der Waals surface area (Å²) >= 11 is 1.44. The van der Waals surface area contributed by atoms with Gasteiger partial charge in [0.05, 0.1) is 12.0 Å². The van der Waals surface area contributed by atoms with Gasteiger partial charge in [-0.1, -0.05) is 13.8 Å². The molecule has 1 aliphatic carbocycles. The van der Waals surface area contributed by atoms with Crippen molar-refractivity contribution in [2.45, 2.75) is 70.9 Å². The van der Waals surface area contributed by atoms with Crippen LogP contribution in [0.4, 0.5) is 23.1 Å². The molecule has 43 heavy (non-hydrogen) atoms. The maximum absolute atomic E-state index is 12.3. The van der Waals surface area contributed by atoms with Crippen LogP contribution in [0.15, 0.2) is 46.5 Å². The lowest BCUT2D eigenvalue weighted by molar-refractivity contribution is -0.155. The van der Waals surface area contributed by atoms with Gasteiger partial charge in [-0.15, -0.1) is 0 Å². The molecule has 5 N–H and O–H groups in total. The van der Waals surface area contributed by atoms with Crippen LogP contribution in [0.1, 0.15) is 59.6 Å². The van der Waals surface area contributed by atoms with Gasteiger partial charge in [0.25, 0.3) is 0 Å². The van der Waals surface area contributed by atoms with E-state index < -0.39 is 5.41 Å². The van der Waals surface area contributed by atoms with E-state index in [9.17, 15) is 9.59 Å². The molecule has 0 bridgehead atoms. The van der Waals surface area contributed by atoms with Gasteiger partial charge in [-0.05, 0) is 88.4 Å². The van der Waals surface area contributed by atoms with Crippen molar-refractivity contribution in [3.63, 3.8) is 0 Å². The number of benzene rings is 1. The Balaban J connectivity index is 1.35. The fraction of sp³-hybridized carbons (Fsp3) is 0.516. The Kier molecular flexibility index (Phi) is 10.7. The molecule has 0 unspecified atom stereocenters. The normalized spacial score (nSPS) is 13.4. The lowest BCUT2D eigenvalue weighted by Crippen LogP contribution is -2.38. The number of rotatable bonds is 16. The summed E-state index contributed by atoms with van der Waals surface area (Å²) in [6.45, 7) is 14.5. The van der Waals surface area contributed by atoms with Gasteiger partial charge < -0.3 is 26.0 Å². The molecule has 2 aromatic heterocycles. The van der Waals surface area contributed by atoms with Crippen molar-refractivity contribution in [3.8, 4) is 0 Å². The van der Waals surface area contributed by atoms with Gasteiger partial charge in [0.2, 0.25) is 5.91 Å². The largest absolute Gasteiger partial charge is 0.466 e. The van der Waals surface area contributed by atoms with Crippen LogP contribution in [0.25, 0.3) is 0 Å². The first-order valence-corrected chi connectivity index (χ1v) is 15.6. The molecule has 1 saturated carbocycles. The van der Waals surface area contributed by atoms with Crippen molar-refractivity contribution in [3.05, 3.63) is 42.1 Å². The highest BCUT2D eigenvalue weighted by molar-refractivity contribution is 7.99. The first kappa shape index (κ1) is 32.3. The smallest absolute Gasteiger partial charge is 0.311 e. The van der Waals surface area contributed by atoms with Crippen LogP contribution >= 0.6 is 11.8 Å². The quantitative estimate of drug-likeness (QED) is 0.0773. The standard InChI is InChI=1S/C31H44N8O3S/c1-7-42-28(41)31(5,6)18-30(3,4)19-32-14-15-33-24-17-25(35-26-16-20(2)38-39-26)37-29(36-24)43-23-12-10-22(11-13-23)34-27(40)21-8-9-21/h10-13,16-17,21,32H,7-9,14-15,18-19H2,1-6H3,(H,34,40)(H3,33,35,36,37,38,39). The number of carbonyl (C=O) groups is 2. The summed E-state index contributed by atoms with van der Waals surface area (Å²) in [5.74, 6) is 2.06. The highest BCUT2D eigenvalue weighted by Gasteiger charge is 2.35. The summed E-state index contributed by atoms with van der Waals surface area (Å²) < 4.78 is 5.26. The molecule has 232 valence electrons.